The lowest BCUT2D eigenvalue weighted by atomic mass is 10.0. The molecule has 17 heavy (non-hydrogen) atoms. The molecule has 0 saturated heterocycles. The first-order valence-corrected chi connectivity index (χ1v) is 6.14. The van der Waals surface area contributed by atoms with Crippen molar-refractivity contribution in [2.45, 2.75) is 12.5 Å². The van der Waals surface area contributed by atoms with Crippen LogP contribution in [0.4, 0.5) is 4.39 Å². The maximum absolute atomic E-state index is 13.1. The smallest absolute Gasteiger partial charge is 0.137 e. The van der Waals surface area contributed by atoms with Crippen molar-refractivity contribution in [3.8, 4) is 0 Å². The first-order chi connectivity index (χ1) is 8.20. The van der Waals surface area contributed by atoms with E-state index in [1.54, 1.807) is 18.4 Å². The van der Waals surface area contributed by atoms with Crippen LogP contribution in [0.25, 0.3) is 0 Å². The first-order valence-electron chi connectivity index (χ1n) is 5.35. The van der Waals surface area contributed by atoms with Crippen molar-refractivity contribution in [1.82, 2.24) is 5.32 Å². The van der Waals surface area contributed by atoms with E-state index >= 15 is 0 Å². The fourth-order valence-corrected chi connectivity index (χ4v) is 2.16. The Morgan fingerprint density at radius 1 is 1.41 bits per heavy atom. The van der Waals surface area contributed by atoms with Crippen molar-refractivity contribution >= 4 is 15.9 Å². The Morgan fingerprint density at radius 2 is 2.24 bits per heavy atom. The Morgan fingerprint density at radius 3 is 2.82 bits per heavy atom. The Labute approximate surface area is 108 Å². The van der Waals surface area contributed by atoms with Gasteiger partial charge in [-0.15, -0.1) is 0 Å². The zero-order valence-corrected chi connectivity index (χ0v) is 11.0. The highest BCUT2D eigenvalue weighted by atomic mass is 79.9. The SMILES string of the molecule is CNC(Cc1ccc(F)c(Br)c1)c1ccco1. The van der Waals surface area contributed by atoms with E-state index in [4.69, 9.17) is 4.42 Å². The highest BCUT2D eigenvalue weighted by molar-refractivity contribution is 9.10. The van der Waals surface area contributed by atoms with Gasteiger partial charge in [0.15, 0.2) is 0 Å². The van der Waals surface area contributed by atoms with Gasteiger partial charge in [0.05, 0.1) is 16.8 Å². The zero-order chi connectivity index (χ0) is 12.3. The van der Waals surface area contributed by atoms with Crippen molar-refractivity contribution in [1.29, 1.82) is 0 Å². The number of benzene rings is 1. The number of nitrogens with one attached hydrogen (secondary N) is 1. The molecule has 1 atom stereocenters. The largest absolute Gasteiger partial charge is 0.468 e. The average molecular weight is 298 g/mol. The molecule has 1 aromatic heterocycles. The molecule has 0 radical (unpaired) electrons. The van der Waals surface area contributed by atoms with E-state index < -0.39 is 0 Å². The van der Waals surface area contributed by atoms with Crippen LogP contribution in [0.1, 0.15) is 17.4 Å². The van der Waals surface area contributed by atoms with Crippen molar-refractivity contribution in [2.24, 2.45) is 0 Å². The van der Waals surface area contributed by atoms with Crippen LogP contribution >= 0.6 is 15.9 Å². The minimum atomic E-state index is -0.243. The van der Waals surface area contributed by atoms with Crippen LogP contribution in [0.5, 0.6) is 0 Å². The van der Waals surface area contributed by atoms with E-state index in [0.717, 1.165) is 17.7 Å². The van der Waals surface area contributed by atoms with E-state index in [2.05, 4.69) is 21.2 Å². The van der Waals surface area contributed by atoms with Crippen LogP contribution in [-0.2, 0) is 6.42 Å². The molecule has 2 aromatic rings. The molecule has 1 aromatic carbocycles. The van der Waals surface area contributed by atoms with Gasteiger partial charge in [-0.05, 0) is 59.2 Å². The molecule has 1 heterocycles. The van der Waals surface area contributed by atoms with Gasteiger partial charge in [0.25, 0.3) is 0 Å². The molecule has 2 nitrogen and oxygen atoms in total. The molecular formula is C13H13BrFNO. The highest BCUT2D eigenvalue weighted by Crippen LogP contribution is 2.22. The lowest BCUT2D eigenvalue weighted by Crippen LogP contribution is -2.18. The molecular weight excluding hydrogens is 285 g/mol. The van der Waals surface area contributed by atoms with Crippen molar-refractivity contribution < 1.29 is 8.81 Å². The van der Waals surface area contributed by atoms with Crippen molar-refractivity contribution in [3.05, 3.63) is 58.2 Å². The fourth-order valence-electron chi connectivity index (χ4n) is 1.74. The molecule has 4 heteroatoms. The van der Waals surface area contributed by atoms with E-state index in [9.17, 15) is 4.39 Å². The van der Waals surface area contributed by atoms with Crippen LogP contribution in [0.2, 0.25) is 0 Å². The summed E-state index contributed by atoms with van der Waals surface area (Å²) in [5.41, 5.74) is 1.05. The van der Waals surface area contributed by atoms with Gasteiger partial charge < -0.3 is 9.73 Å². The second-order valence-corrected chi connectivity index (χ2v) is 4.66. The maximum atomic E-state index is 13.1. The average Bonchev–Trinajstić information content (AvgIpc) is 2.84. The standard InChI is InChI=1S/C13H13BrFNO/c1-16-12(13-3-2-6-17-13)8-9-4-5-11(15)10(14)7-9/h2-7,12,16H,8H2,1H3. The molecule has 0 spiro atoms. The second kappa shape index (κ2) is 5.47. The monoisotopic (exact) mass is 297 g/mol. The molecule has 0 aliphatic carbocycles. The predicted molar refractivity (Wildman–Crippen MR) is 68.3 cm³/mol. The summed E-state index contributed by atoms with van der Waals surface area (Å²) < 4.78 is 19.0. The molecule has 90 valence electrons. The molecule has 0 fully saturated rings. The van der Waals surface area contributed by atoms with E-state index in [0.29, 0.717) is 4.47 Å². The third kappa shape index (κ3) is 2.96. The van der Waals surface area contributed by atoms with Gasteiger partial charge in [0, 0.05) is 0 Å². The minimum Gasteiger partial charge on any atom is -0.468 e. The van der Waals surface area contributed by atoms with Gasteiger partial charge in [-0.2, -0.15) is 0 Å². The summed E-state index contributed by atoms with van der Waals surface area (Å²) in [6.07, 6.45) is 2.41. The minimum absolute atomic E-state index is 0.0994. The van der Waals surface area contributed by atoms with Crippen LogP contribution in [-0.4, -0.2) is 7.05 Å². The summed E-state index contributed by atoms with van der Waals surface area (Å²) in [5, 5.41) is 3.18. The van der Waals surface area contributed by atoms with E-state index in [1.165, 1.54) is 6.07 Å². The Hall–Kier alpha value is -1.13. The van der Waals surface area contributed by atoms with Crippen LogP contribution < -0.4 is 5.32 Å². The third-order valence-electron chi connectivity index (χ3n) is 2.66. The third-order valence-corrected chi connectivity index (χ3v) is 3.27. The second-order valence-electron chi connectivity index (χ2n) is 3.81. The quantitative estimate of drug-likeness (QED) is 0.931. The molecule has 1 unspecified atom stereocenters. The molecule has 0 amide bonds. The van der Waals surface area contributed by atoms with E-state index in [-0.39, 0.29) is 11.9 Å². The molecule has 2 rings (SSSR count). The Bertz CT molecular complexity index is 484. The normalized spacial score (nSPS) is 12.6. The lowest BCUT2D eigenvalue weighted by molar-refractivity contribution is 0.429. The summed E-state index contributed by atoms with van der Waals surface area (Å²) >= 11 is 3.19. The number of rotatable bonds is 4. The van der Waals surface area contributed by atoms with Gasteiger partial charge in [-0.1, -0.05) is 6.07 Å². The van der Waals surface area contributed by atoms with Crippen LogP contribution in [0.15, 0.2) is 45.5 Å². The number of furan rings is 1. The predicted octanol–water partition coefficient (Wildman–Crippen LogP) is 3.68. The summed E-state index contributed by atoms with van der Waals surface area (Å²) in [6, 6.07) is 8.94. The maximum Gasteiger partial charge on any atom is 0.137 e. The summed E-state index contributed by atoms with van der Waals surface area (Å²) in [7, 11) is 1.88. The Balaban J connectivity index is 2.16. The van der Waals surface area contributed by atoms with Crippen molar-refractivity contribution in [2.75, 3.05) is 7.05 Å². The summed E-state index contributed by atoms with van der Waals surface area (Å²) in [4.78, 5) is 0. The van der Waals surface area contributed by atoms with Gasteiger partial charge in [-0.25, -0.2) is 4.39 Å². The van der Waals surface area contributed by atoms with Gasteiger partial charge in [0.1, 0.15) is 11.6 Å². The van der Waals surface area contributed by atoms with Gasteiger partial charge in [0.2, 0.25) is 0 Å². The lowest BCUT2D eigenvalue weighted by Gasteiger charge is -2.13. The highest BCUT2D eigenvalue weighted by Gasteiger charge is 2.13. The molecule has 0 aliphatic rings. The van der Waals surface area contributed by atoms with Crippen molar-refractivity contribution in [3.63, 3.8) is 0 Å². The van der Waals surface area contributed by atoms with E-state index in [1.807, 2.05) is 19.2 Å². The molecule has 0 aliphatic heterocycles. The van der Waals surface area contributed by atoms with Crippen LogP contribution in [0.3, 0.4) is 0 Å². The number of hydrogen-bond donors (Lipinski definition) is 1. The molecule has 0 saturated carbocycles. The Kier molecular flexibility index (Phi) is 3.97. The number of halogens is 2. The first kappa shape index (κ1) is 12.3. The molecule has 0 bridgehead atoms. The van der Waals surface area contributed by atoms with Crippen LogP contribution in [0, 0.1) is 5.82 Å². The number of likely N-dealkylation sites (N-methyl/N-ethyl adjacent to an activating group) is 1. The summed E-state index contributed by atoms with van der Waals surface area (Å²) in [6.45, 7) is 0. The van der Waals surface area contributed by atoms with Gasteiger partial charge in [-0.3, -0.25) is 0 Å². The molecule has 1 N–H and O–H groups in total. The topological polar surface area (TPSA) is 25.2 Å². The number of hydrogen-bond acceptors (Lipinski definition) is 2. The zero-order valence-electron chi connectivity index (χ0n) is 9.41. The fraction of sp³-hybridized carbons (Fsp3) is 0.231. The summed E-state index contributed by atoms with van der Waals surface area (Å²) in [5.74, 6) is 0.640. The van der Waals surface area contributed by atoms with Gasteiger partial charge >= 0.3 is 0 Å².